The van der Waals surface area contributed by atoms with Gasteiger partial charge in [-0.2, -0.15) is 10.2 Å². The Bertz CT molecular complexity index is 1860. The maximum absolute atomic E-state index is 13.3. The predicted molar refractivity (Wildman–Crippen MR) is 210 cm³/mol. The van der Waals surface area contributed by atoms with Crippen molar-refractivity contribution < 1.29 is 14.3 Å². The largest absolute Gasteiger partial charge is 0.475 e. The number of hydrogen-bond acceptors (Lipinski definition) is 10. The zero-order valence-corrected chi connectivity index (χ0v) is 32.7. The van der Waals surface area contributed by atoms with Crippen molar-refractivity contribution in [2.45, 2.75) is 97.4 Å². The maximum Gasteiger partial charge on any atom is 0.410 e. The molecule has 1 amide bonds. The van der Waals surface area contributed by atoms with Gasteiger partial charge in [-0.05, 0) is 109 Å². The van der Waals surface area contributed by atoms with Gasteiger partial charge in [-0.25, -0.2) is 4.79 Å². The average Bonchev–Trinajstić information content (AvgIpc) is 3.54. The van der Waals surface area contributed by atoms with Crippen molar-refractivity contribution in [3.63, 3.8) is 0 Å². The topological polar surface area (TPSA) is 101 Å². The fourth-order valence-corrected chi connectivity index (χ4v) is 8.84. The Kier molecular flexibility index (Phi) is 10.4. The fourth-order valence-electron chi connectivity index (χ4n) is 8.84. The van der Waals surface area contributed by atoms with Crippen LogP contribution in [0.4, 0.5) is 22.0 Å². The van der Waals surface area contributed by atoms with Crippen molar-refractivity contribution in [2.24, 2.45) is 0 Å². The summed E-state index contributed by atoms with van der Waals surface area (Å²) >= 11 is 0. The fraction of sp³-hybridized carbons (Fsp3) is 0.571. The van der Waals surface area contributed by atoms with E-state index in [9.17, 15) is 10.1 Å². The Hall–Kier alpha value is -4.56. The molecule has 2 atom stereocenters. The number of nitriles is 1. The molecule has 2 fully saturated rings. The van der Waals surface area contributed by atoms with Crippen molar-refractivity contribution >= 4 is 23.3 Å². The number of amides is 1. The number of nitrogens with zero attached hydrogens (tertiary/aromatic N) is 8. The van der Waals surface area contributed by atoms with Crippen molar-refractivity contribution in [3.8, 4) is 23.1 Å². The van der Waals surface area contributed by atoms with Crippen LogP contribution < -0.4 is 19.4 Å². The molecule has 0 N–H and O–H groups in total. The Morgan fingerprint density at radius 3 is 2.53 bits per heavy atom. The van der Waals surface area contributed by atoms with Crippen LogP contribution in [-0.4, -0.2) is 104 Å². The third-order valence-corrected chi connectivity index (χ3v) is 11.5. The highest BCUT2D eigenvalue weighted by molar-refractivity contribution is 5.83. The van der Waals surface area contributed by atoms with Crippen molar-refractivity contribution in [3.05, 3.63) is 58.4 Å². The molecule has 0 bridgehead atoms. The summed E-state index contributed by atoms with van der Waals surface area (Å²) in [6.45, 7) is 15.6. The second-order valence-electron chi connectivity index (χ2n) is 16.4. The summed E-state index contributed by atoms with van der Waals surface area (Å²) < 4.78 is 12.7. The van der Waals surface area contributed by atoms with E-state index in [1.54, 1.807) is 4.90 Å². The number of anilines is 3. The van der Waals surface area contributed by atoms with E-state index >= 15 is 0 Å². The molecule has 0 unspecified atom stereocenters. The van der Waals surface area contributed by atoms with Crippen LogP contribution in [0.1, 0.15) is 74.4 Å². The number of hydrogen-bond donors (Lipinski definition) is 0. The summed E-state index contributed by atoms with van der Waals surface area (Å²) in [5.74, 6) is 1.54. The minimum absolute atomic E-state index is 0.210. The summed E-state index contributed by atoms with van der Waals surface area (Å²) in [4.78, 5) is 35.0. The third-order valence-electron chi connectivity index (χ3n) is 11.5. The van der Waals surface area contributed by atoms with E-state index in [1.165, 1.54) is 34.5 Å². The molecule has 0 aliphatic carbocycles. The highest BCUT2D eigenvalue weighted by Gasteiger charge is 2.38. The lowest BCUT2D eigenvalue weighted by Gasteiger charge is -2.43. The first kappa shape index (κ1) is 36.8. The van der Waals surface area contributed by atoms with E-state index < -0.39 is 5.60 Å². The van der Waals surface area contributed by atoms with Gasteiger partial charge in [-0.1, -0.05) is 12.1 Å². The molecule has 0 radical (unpaired) electrons. The standard InChI is InChI=1S/C42H56N8O3/c1-28-16-19-44-29(2)36(28)37-34-26-48(35-14-8-11-30-12-9-21-47(7)38(30)35)22-17-33(34)39(45-40(37)52-27-32-13-10-20-46(32)6)49-23-24-50(31(25-49)15-18-43)41(51)53-42(3,4)5/h8,11,14,16,19,31-32H,9-10,12-13,15,17,20-27H2,1-7H3/t31-,32-/m0/s1. The van der Waals surface area contributed by atoms with Gasteiger partial charge in [-0.3, -0.25) is 4.98 Å². The Morgan fingerprint density at radius 1 is 0.962 bits per heavy atom. The maximum atomic E-state index is 13.3. The summed E-state index contributed by atoms with van der Waals surface area (Å²) in [7, 11) is 4.40. The lowest BCUT2D eigenvalue weighted by molar-refractivity contribution is 0.0144. The second-order valence-corrected chi connectivity index (χ2v) is 16.4. The number of aromatic nitrogens is 2. The molecule has 53 heavy (non-hydrogen) atoms. The number of likely N-dealkylation sites (N-methyl/N-ethyl adjacent to an activating group) is 1. The van der Waals surface area contributed by atoms with Gasteiger partial charge >= 0.3 is 6.09 Å². The quantitative estimate of drug-likeness (QED) is 0.268. The Morgan fingerprint density at radius 2 is 1.79 bits per heavy atom. The number of aryl methyl sites for hydroxylation is 3. The first-order valence-corrected chi connectivity index (χ1v) is 19.4. The zero-order valence-electron chi connectivity index (χ0n) is 32.7. The normalized spacial score (nSPS) is 20.6. The molecular formula is C42H56N8O3. The van der Waals surface area contributed by atoms with Crippen molar-refractivity contribution in [1.82, 2.24) is 19.8 Å². The molecule has 3 aromatic rings. The molecule has 4 aliphatic heterocycles. The smallest absolute Gasteiger partial charge is 0.410 e. The highest BCUT2D eigenvalue weighted by atomic mass is 16.6. The van der Waals surface area contributed by atoms with Crippen LogP contribution in [0.25, 0.3) is 11.1 Å². The minimum atomic E-state index is -0.622. The monoisotopic (exact) mass is 720 g/mol. The van der Waals surface area contributed by atoms with Gasteiger partial charge in [0.15, 0.2) is 0 Å². The summed E-state index contributed by atoms with van der Waals surface area (Å²) in [6.07, 6.45) is 7.04. The minimum Gasteiger partial charge on any atom is -0.475 e. The predicted octanol–water partition coefficient (Wildman–Crippen LogP) is 6.52. The van der Waals surface area contributed by atoms with Crippen LogP contribution in [0.15, 0.2) is 30.5 Å². The molecule has 282 valence electrons. The number of para-hydroxylation sites is 1. The number of likely N-dealkylation sites (tertiary alicyclic amines) is 1. The van der Waals surface area contributed by atoms with E-state index in [1.807, 2.05) is 27.0 Å². The molecule has 11 heteroatoms. The van der Waals surface area contributed by atoms with Gasteiger partial charge in [-0.15, -0.1) is 0 Å². The number of carbonyl (C=O) groups excluding carboxylic acids is 1. The number of carbonyl (C=O) groups is 1. The van der Waals surface area contributed by atoms with Gasteiger partial charge in [0.25, 0.3) is 0 Å². The highest BCUT2D eigenvalue weighted by Crippen LogP contribution is 2.46. The first-order chi connectivity index (χ1) is 25.4. The van der Waals surface area contributed by atoms with Gasteiger partial charge in [0.05, 0.1) is 35.5 Å². The number of fused-ring (bicyclic) bond motifs is 2. The number of ether oxygens (including phenoxy) is 2. The van der Waals surface area contributed by atoms with Crippen LogP contribution in [-0.2, 0) is 24.1 Å². The van der Waals surface area contributed by atoms with Crippen LogP contribution >= 0.6 is 0 Å². The van der Waals surface area contributed by atoms with E-state index in [0.717, 1.165) is 73.5 Å². The molecular weight excluding hydrogens is 665 g/mol. The SMILES string of the molecule is Cc1ccnc(C)c1-c1c(OC[C@@H]2CCCN2C)nc(N2CCN(C(=O)OC(C)(C)C)[C@@H](CC#N)C2)c2c1CN(c1cccc3c1N(C)CCC3)CC2. The van der Waals surface area contributed by atoms with Crippen LogP contribution in [0.2, 0.25) is 0 Å². The van der Waals surface area contributed by atoms with Crippen molar-refractivity contribution in [1.29, 1.82) is 5.26 Å². The summed E-state index contributed by atoms with van der Waals surface area (Å²) in [6, 6.07) is 11.2. The lowest BCUT2D eigenvalue weighted by Crippen LogP contribution is -2.56. The van der Waals surface area contributed by atoms with Gasteiger partial charge in [0, 0.05) is 75.4 Å². The van der Waals surface area contributed by atoms with E-state index in [0.29, 0.717) is 44.7 Å². The molecule has 1 aromatic carbocycles. The average molecular weight is 721 g/mol. The van der Waals surface area contributed by atoms with Gasteiger partial charge in [0.1, 0.15) is 18.0 Å². The number of rotatable bonds is 7. The Balaban J connectivity index is 1.35. The summed E-state index contributed by atoms with van der Waals surface area (Å²) in [5.41, 5.74) is 10.1. The van der Waals surface area contributed by atoms with E-state index in [2.05, 4.69) is 77.9 Å². The molecule has 0 saturated carbocycles. The molecule has 2 aromatic heterocycles. The van der Waals surface area contributed by atoms with E-state index in [4.69, 9.17) is 19.4 Å². The van der Waals surface area contributed by atoms with Crippen molar-refractivity contribution in [2.75, 3.05) is 74.7 Å². The third kappa shape index (κ3) is 7.48. The molecule has 6 heterocycles. The van der Waals surface area contributed by atoms with Crippen LogP contribution in [0.3, 0.4) is 0 Å². The zero-order chi connectivity index (χ0) is 37.4. The Labute approximate surface area is 315 Å². The number of piperazine rings is 1. The number of pyridine rings is 2. The van der Waals surface area contributed by atoms with Gasteiger partial charge < -0.3 is 34.0 Å². The number of benzene rings is 1. The second kappa shape index (κ2) is 15.1. The lowest BCUT2D eigenvalue weighted by atomic mass is 9.88. The molecule has 4 aliphatic rings. The molecule has 2 saturated heterocycles. The van der Waals surface area contributed by atoms with Crippen LogP contribution in [0, 0.1) is 25.2 Å². The molecule has 0 spiro atoms. The summed E-state index contributed by atoms with van der Waals surface area (Å²) in [5, 5.41) is 9.89. The van der Waals surface area contributed by atoms with Gasteiger partial charge in [0.2, 0.25) is 5.88 Å². The molecule has 7 rings (SSSR count). The van der Waals surface area contributed by atoms with E-state index in [-0.39, 0.29) is 18.6 Å². The first-order valence-electron chi connectivity index (χ1n) is 19.4. The van der Waals surface area contributed by atoms with Crippen LogP contribution in [0.5, 0.6) is 5.88 Å². The molecule has 11 nitrogen and oxygen atoms in total.